The van der Waals surface area contributed by atoms with Gasteiger partial charge in [-0.05, 0) is 38.1 Å². The van der Waals surface area contributed by atoms with Crippen LogP contribution in [0.15, 0.2) is 24.3 Å². The molecule has 0 saturated carbocycles. The van der Waals surface area contributed by atoms with Crippen molar-refractivity contribution in [2.75, 3.05) is 7.05 Å². The van der Waals surface area contributed by atoms with Gasteiger partial charge >= 0.3 is 0 Å². The first-order chi connectivity index (χ1) is 5.72. The van der Waals surface area contributed by atoms with Gasteiger partial charge in [0.1, 0.15) is 0 Å². The highest BCUT2D eigenvalue weighted by Gasteiger charge is 1.99. The molecule has 0 fully saturated rings. The van der Waals surface area contributed by atoms with Crippen LogP contribution in [0.5, 0.6) is 0 Å². The highest BCUT2D eigenvalue weighted by Crippen LogP contribution is 2.10. The molecule has 0 saturated heterocycles. The smallest absolute Gasteiger partial charge is 0.0406 e. The third kappa shape index (κ3) is 2.84. The topological polar surface area (TPSA) is 12.0 Å². The highest BCUT2D eigenvalue weighted by atomic mass is 35.5. The van der Waals surface area contributed by atoms with Gasteiger partial charge in [0.25, 0.3) is 0 Å². The van der Waals surface area contributed by atoms with Gasteiger partial charge in [0.2, 0.25) is 0 Å². The van der Waals surface area contributed by atoms with Crippen LogP contribution in [-0.2, 0) is 6.42 Å². The lowest BCUT2D eigenvalue weighted by atomic mass is 10.1. The second-order valence-corrected chi connectivity index (χ2v) is 3.46. The lowest BCUT2D eigenvalue weighted by molar-refractivity contribution is 0.608. The summed E-state index contributed by atoms with van der Waals surface area (Å²) in [4.78, 5) is 0. The lowest BCUT2D eigenvalue weighted by Gasteiger charge is -2.09. The van der Waals surface area contributed by atoms with Gasteiger partial charge in [-0.15, -0.1) is 0 Å². The minimum absolute atomic E-state index is 0.520. The average molecular weight is 184 g/mol. The molecule has 0 aliphatic carbocycles. The van der Waals surface area contributed by atoms with E-state index in [1.165, 1.54) is 5.56 Å². The molecule has 0 bridgehead atoms. The van der Waals surface area contributed by atoms with Crippen molar-refractivity contribution >= 4 is 11.6 Å². The zero-order valence-electron chi connectivity index (χ0n) is 7.47. The second-order valence-electron chi connectivity index (χ2n) is 3.02. The first-order valence-corrected chi connectivity index (χ1v) is 4.52. The summed E-state index contributed by atoms with van der Waals surface area (Å²) in [7, 11) is 1.97. The molecule has 0 aromatic heterocycles. The monoisotopic (exact) mass is 183 g/mol. The number of nitrogens with one attached hydrogen (secondary N) is 1. The predicted molar refractivity (Wildman–Crippen MR) is 53.7 cm³/mol. The van der Waals surface area contributed by atoms with E-state index in [1.54, 1.807) is 0 Å². The second kappa shape index (κ2) is 4.48. The Morgan fingerprint density at radius 3 is 2.42 bits per heavy atom. The molecule has 2 heteroatoms. The number of halogens is 1. The SMILES string of the molecule is CN[C@H](C)Cc1ccc(Cl)cc1. The van der Waals surface area contributed by atoms with E-state index in [0.717, 1.165) is 11.4 Å². The highest BCUT2D eigenvalue weighted by molar-refractivity contribution is 6.30. The molecular weight excluding hydrogens is 170 g/mol. The van der Waals surface area contributed by atoms with Gasteiger partial charge in [0.15, 0.2) is 0 Å². The van der Waals surface area contributed by atoms with Crippen LogP contribution in [0.1, 0.15) is 12.5 Å². The van der Waals surface area contributed by atoms with Crippen molar-refractivity contribution in [2.24, 2.45) is 0 Å². The summed E-state index contributed by atoms with van der Waals surface area (Å²) in [6, 6.07) is 8.51. The van der Waals surface area contributed by atoms with Gasteiger partial charge in [-0.3, -0.25) is 0 Å². The Morgan fingerprint density at radius 2 is 1.92 bits per heavy atom. The van der Waals surface area contributed by atoms with Crippen LogP contribution >= 0.6 is 11.6 Å². The molecule has 0 aliphatic rings. The molecule has 0 amide bonds. The summed E-state index contributed by atoms with van der Waals surface area (Å²) in [5.74, 6) is 0. The average Bonchev–Trinajstić information content (AvgIpc) is 2.09. The fourth-order valence-corrected chi connectivity index (χ4v) is 1.20. The summed E-state index contributed by atoms with van der Waals surface area (Å²) in [6.45, 7) is 2.16. The van der Waals surface area contributed by atoms with Crippen molar-refractivity contribution in [1.82, 2.24) is 5.32 Å². The van der Waals surface area contributed by atoms with Crippen molar-refractivity contribution in [1.29, 1.82) is 0 Å². The van der Waals surface area contributed by atoms with E-state index in [9.17, 15) is 0 Å². The normalized spacial score (nSPS) is 12.9. The van der Waals surface area contributed by atoms with E-state index < -0.39 is 0 Å². The van der Waals surface area contributed by atoms with Crippen molar-refractivity contribution in [3.63, 3.8) is 0 Å². The van der Waals surface area contributed by atoms with E-state index in [-0.39, 0.29) is 0 Å². The molecule has 1 rings (SSSR count). The fraction of sp³-hybridized carbons (Fsp3) is 0.400. The summed E-state index contributed by atoms with van der Waals surface area (Å²) in [5.41, 5.74) is 1.32. The molecule has 12 heavy (non-hydrogen) atoms. The Labute approximate surface area is 78.7 Å². The molecular formula is C10H14ClN. The number of benzene rings is 1. The zero-order valence-corrected chi connectivity index (χ0v) is 8.23. The predicted octanol–water partition coefficient (Wildman–Crippen LogP) is 2.49. The quantitative estimate of drug-likeness (QED) is 0.760. The van der Waals surface area contributed by atoms with Crippen molar-refractivity contribution < 1.29 is 0 Å². The van der Waals surface area contributed by atoms with Crippen molar-refractivity contribution in [3.8, 4) is 0 Å². The van der Waals surface area contributed by atoms with Gasteiger partial charge in [-0.1, -0.05) is 23.7 Å². The molecule has 0 unspecified atom stereocenters. The minimum atomic E-state index is 0.520. The number of likely N-dealkylation sites (N-methyl/N-ethyl adjacent to an activating group) is 1. The molecule has 1 aromatic rings. The van der Waals surface area contributed by atoms with E-state index >= 15 is 0 Å². The summed E-state index contributed by atoms with van der Waals surface area (Å²) >= 11 is 5.77. The van der Waals surface area contributed by atoms with Crippen LogP contribution in [0.4, 0.5) is 0 Å². The summed E-state index contributed by atoms with van der Waals surface area (Å²) in [6.07, 6.45) is 1.05. The first-order valence-electron chi connectivity index (χ1n) is 4.14. The Hall–Kier alpha value is -0.530. The van der Waals surface area contributed by atoms with Gasteiger partial charge in [0, 0.05) is 11.1 Å². The number of hydrogen-bond acceptors (Lipinski definition) is 1. The van der Waals surface area contributed by atoms with Crippen LogP contribution in [-0.4, -0.2) is 13.1 Å². The maximum atomic E-state index is 5.77. The number of rotatable bonds is 3. The van der Waals surface area contributed by atoms with Crippen LogP contribution < -0.4 is 5.32 Å². The molecule has 0 spiro atoms. The first kappa shape index (κ1) is 9.56. The van der Waals surface area contributed by atoms with E-state index in [0.29, 0.717) is 6.04 Å². The zero-order chi connectivity index (χ0) is 8.97. The Bertz CT molecular complexity index is 230. The molecule has 0 radical (unpaired) electrons. The van der Waals surface area contributed by atoms with Crippen LogP contribution in [0, 0.1) is 0 Å². The third-order valence-electron chi connectivity index (χ3n) is 1.95. The van der Waals surface area contributed by atoms with Gasteiger partial charge in [-0.25, -0.2) is 0 Å². The number of hydrogen-bond donors (Lipinski definition) is 1. The molecule has 66 valence electrons. The van der Waals surface area contributed by atoms with Crippen LogP contribution in [0.25, 0.3) is 0 Å². The maximum Gasteiger partial charge on any atom is 0.0406 e. The molecule has 1 nitrogen and oxygen atoms in total. The van der Waals surface area contributed by atoms with Crippen LogP contribution in [0.3, 0.4) is 0 Å². The van der Waals surface area contributed by atoms with Crippen LogP contribution in [0.2, 0.25) is 5.02 Å². The van der Waals surface area contributed by atoms with Crippen molar-refractivity contribution in [3.05, 3.63) is 34.9 Å². The van der Waals surface area contributed by atoms with Gasteiger partial charge in [-0.2, -0.15) is 0 Å². The molecule has 1 aromatic carbocycles. The Balaban J connectivity index is 2.58. The van der Waals surface area contributed by atoms with E-state index in [4.69, 9.17) is 11.6 Å². The largest absolute Gasteiger partial charge is 0.317 e. The fourth-order valence-electron chi connectivity index (χ4n) is 1.08. The molecule has 1 atom stereocenters. The molecule has 0 aliphatic heterocycles. The van der Waals surface area contributed by atoms with Crippen molar-refractivity contribution in [2.45, 2.75) is 19.4 Å². The van der Waals surface area contributed by atoms with Gasteiger partial charge < -0.3 is 5.32 Å². The van der Waals surface area contributed by atoms with Gasteiger partial charge in [0.05, 0.1) is 0 Å². The summed E-state index contributed by atoms with van der Waals surface area (Å²) < 4.78 is 0. The minimum Gasteiger partial charge on any atom is -0.317 e. The molecule has 1 N–H and O–H groups in total. The van der Waals surface area contributed by atoms with E-state index in [2.05, 4.69) is 24.4 Å². The standard InChI is InChI=1S/C10H14ClN/c1-8(12-2)7-9-3-5-10(11)6-4-9/h3-6,8,12H,7H2,1-2H3/t8-/m1/s1. The third-order valence-corrected chi connectivity index (χ3v) is 2.20. The molecule has 0 heterocycles. The maximum absolute atomic E-state index is 5.77. The summed E-state index contributed by atoms with van der Waals surface area (Å²) in [5, 5.41) is 4.00. The van der Waals surface area contributed by atoms with E-state index in [1.807, 2.05) is 19.2 Å². The lowest BCUT2D eigenvalue weighted by Crippen LogP contribution is -2.23. The Kier molecular flexibility index (Phi) is 3.57. The Morgan fingerprint density at radius 1 is 1.33 bits per heavy atom.